The van der Waals surface area contributed by atoms with Gasteiger partial charge in [-0.05, 0) is 32.3 Å². The highest BCUT2D eigenvalue weighted by Gasteiger charge is 2.44. The lowest BCUT2D eigenvalue weighted by Gasteiger charge is -2.36. The van der Waals surface area contributed by atoms with Gasteiger partial charge in [0.25, 0.3) is 0 Å². The molecular formula is C19H16O5. The lowest BCUT2D eigenvalue weighted by Crippen LogP contribution is -2.38. The SMILES string of the molecule is CC1(O)CC(=O)C2=C(CCC3=C2C(=O)c2cccc(O)c2C3=O)C1. The first-order valence-electron chi connectivity index (χ1n) is 7.92. The van der Waals surface area contributed by atoms with Gasteiger partial charge in [-0.3, -0.25) is 14.4 Å². The molecule has 0 saturated carbocycles. The van der Waals surface area contributed by atoms with E-state index >= 15 is 0 Å². The Morgan fingerprint density at radius 2 is 1.75 bits per heavy atom. The molecule has 5 nitrogen and oxygen atoms in total. The van der Waals surface area contributed by atoms with Crippen molar-refractivity contribution in [1.82, 2.24) is 0 Å². The molecule has 0 spiro atoms. The molecule has 1 aromatic carbocycles. The van der Waals surface area contributed by atoms with Gasteiger partial charge >= 0.3 is 0 Å². The molecule has 3 aliphatic carbocycles. The molecule has 0 amide bonds. The van der Waals surface area contributed by atoms with Crippen molar-refractivity contribution >= 4 is 17.3 Å². The predicted octanol–water partition coefficient (Wildman–Crippen LogP) is 2.27. The summed E-state index contributed by atoms with van der Waals surface area (Å²) in [7, 11) is 0. The molecule has 0 saturated heterocycles. The van der Waals surface area contributed by atoms with Crippen LogP contribution in [0.2, 0.25) is 0 Å². The van der Waals surface area contributed by atoms with E-state index in [0.29, 0.717) is 30.4 Å². The van der Waals surface area contributed by atoms with Crippen molar-refractivity contribution in [3.8, 4) is 5.75 Å². The molecule has 1 unspecified atom stereocenters. The number of aromatic hydroxyl groups is 1. The summed E-state index contributed by atoms with van der Waals surface area (Å²) in [5.74, 6) is -1.28. The zero-order valence-electron chi connectivity index (χ0n) is 13.2. The molecule has 0 heterocycles. The molecule has 0 radical (unpaired) electrons. The van der Waals surface area contributed by atoms with E-state index in [1.165, 1.54) is 18.2 Å². The lowest BCUT2D eigenvalue weighted by atomic mass is 9.68. The minimum Gasteiger partial charge on any atom is -0.507 e. The van der Waals surface area contributed by atoms with E-state index in [2.05, 4.69) is 0 Å². The minimum atomic E-state index is -1.11. The van der Waals surface area contributed by atoms with Crippen molar-refractivity contribution in [2.75, 3.05) is 0 Å². The Hall–Kier alpha value is -2.53. The Labute approximate surface area is 138 Å². The van der Waals surface area contributed by atoms with Crippen LogP contribution in [0.1, 0.15) is 53.3 Å². The predicted molar refractivity (Wildman–Crippen MR) is 84.9 cm³/mol. The number of carbonyl (C=O) groups is 3. The van der Waals surface area contributed by atoms with Crippen LogP contribution in [0.15, 0.2) is 40.5 Å². The quantitative estimate of drug-likeness (QED) is 0.764. The second-order valence-corrected chi connectivity index (χ2v) is 6.96. The molecule has 0 aromatic heterocycles. The monoisotopic (exact) mass is 324 g/mol. The van der Waals surface area contributed by atoms with Gasteiger partial charge in [0.1, 0.15) is 5.75 Å². The standard InChI is InChI=1S/C19H16O5/c1-19(24)7-9-5-6-11-16(14(9)13(21)8-19)18(23)10-3-2-4-12(20)15(10)17(11)22/h2-4,20,24H,5-8H2,1H3. The van der Waals surface area contributed by atoms with Crippen molar-refractivity contribution in [3.05, 3.63) is 51.6 Å². The molecule has 0 fully saturated rings. The zero-order chi connectivity index (χ0) is 17.2. The van der Waals surface area contributed by atoms with E-state index in [1.54, 1.807) is 6.92 Å². The number of carbonyl (C=O) groups excluding carboxylic acids is 3. The molecule has 0 aliphatic heterocycles. The van der Waals surface area contributed by atoms with E-state index < -0.39 is 11.4 Å². The van der Waals surface area contributed by atoms with Gasteiger partial charge in [-0.2, -0.15) is 0 Å². The third-order valence-electron chi connectivity index (χ3n) is 5.01. The number of fused-ring (bicyclic) bond motifs is 2. The summed E-state index contributed by atoms with van der Waals surface area (Å²) in [5.41, 5.74) is 0.613. The summed E-state index contributed by atoms with van der Waals surface area (Å²) >= 11 is 0. The van der Waals surface area contributed by atoms with Gasteiger partial charge in [0.15, 0.2) is 17.3 Å². The summed E-state index contributed by atoms with van der Waals surface area (Å²) in [6.45, 7) is 1.61. The number of phenolic OH excluding ortho intramolecular Hbond substituents is 1. The van der Waals surface area contributed by atoms with E-state index in [1.807, 2.05) is 0 Å². The van der Waals surface area contributed by atoms with Crippen LogP contribution in [0.3, 0.4) is 0 Å². The molecule has 3 aliphatic rings. The first-order chi connectivity index (χ1) is 11.3. The molecule has 5 heteroatoms. The van der Waals surface area contributed by atoms with Crippen LogP contribution in [0, 0.1) is 0 Å². The van der Waals surface area contributed by atoms with Gasteiger partial charge in [0, 0.05) is 28.7 Å². The minimum absolute atomic E-state index is 0.0283. The van der Waals surface area contributed by atoms with Crippen molar-refractivity contribution < 1.29 is 24.6 Å². The molecule has 1 atom stereocenters. The molecule has 1 aromatic rings. The topological polar surface area (TPSA) is 91.7 Å². The van der Waals surface area contributed by atoms with Crippen LogP contribution in [0.4, 0.5) is 0 Å². The molecule has 4 rings (SSSR count). The fourth-order valence-corrected chi connectivity index (χ4v) is 4.05. The average Bonchev–Trinajstić information content (AvgIpc) is 2.50. The maximum atomic E-state index is 12.9. The van der Waals surface area contributed by atoms with Gasteiger partial charge < -0.3 is 10.2 Å². The van der Waals surface area contributed by atoms with Crippen LogP contribution in [-0.4, -0.2) is 33.2 Å². The second-order valence-electron chi connectivity index (χ2n) is 6.96. The first-order valence-corrected chi connectivity index (χ1v) is 7.92. The molecule has 24 heavy (non-hydrogen) atoms. The van der Waals surface area contributed by atoms with E-state index in [4.69, 9.17) is 0 Å². The Morgan fingerprint density at radius 3 is 2.50 bits per heavy atom. The highest BCUT2D eigenvalue weighted by atomic mass is 16.3. The third kappa shape index (κ3) is 1.94. The Bertz CT molecular complexity index is 898. The Balaban J connectivity index is 1.94. The van der Waals surface area contributed by atoms with Crippen molar-refractivity contribution in [3.63, 3.8) is 0 Å². The van der Waals surface area contributed by atoms with Crippen LogP contribution < -0.4 is 0 Å². The van der Waals surface area contributed by atoms with Gasteiger partial charge in [-0.15, -0.1) is 0 Å². The fraction of sp³-hybridized carbons (Fsp3) is 0.316. The van der Waals surface area contributed by atoms with Crippen molar-refractivity contribution in [2.24, 2.45) is 0 Å². The number of hydrogen-bond acceptors (Lipinski definition) is 5. The number of Topliss-reactive ketones (excluding diaryl/α,β-unsaturated/α-hetero) is 3. The van der Waals surface area contributed by atoms with Crippen molar-refractivity contribution in [2.45, 2.75) is 38.2 Å². The lowest BCUT2D eigenvalue weighted by molar-refractivity contribution is -0.120. The highest BCUT2D eigenvalue weighted by molar-refractivity contribution is 6.32. The fourth-order valence-electron chi connectivity index (χ4n) is 4.05. The van der Waals surface area contributed by atoms with Crippen molar-refractivity contribution in [1.29, 1.82) is 0 Å². The number of aliphatic hydroxyl groups is 1. The summed E-state index contributed by atoms with van der Waals surface area (Å²) in [5, 5.41) is 20.2. The number of hydrogen-bond donors (Lipinski definition) is 2. The van der Waals surface area contributed by atoms with Gasteiger partial charge in [-0.25, -0.2) is 0 Å². The Morgan fingerprint density at radius 1 is 1.00 bits per heavy atom. The summed E-state index contributed by atoms with van der Waals surface area (Å²) in [6.07, 6.45) is 1.09. The second kappa shape index (κ2) is 4.74. The smallest absolute Gasteiger partial charge is 0.195 e. The highest BCUT2D eigenvalue weighted by Crippen LogP contribution is 2.45. The molecule has 2 N–H and O–H groups in total. The normalized spacial score (nSPS) is 26.3. The van der Waals surface area contributed by atoms with Gasteiger partial charge in [0.05, 0.1) is 11.2 Å². The molecule has 0 bridgehead atoms. The van der Waals surface area contributed by atoms with Crippen LogP contribution in [-0.2, 0) is 4.79 Å². The van der Waals surface area contributed by atoms with E-state index in [0.717, 1.165) is 5.57 Å². The van der Waals surface area contributed by atoms with Gasteiger partial charge in [0.2, 0.25) is 0 Å². The number of phenols is 1. The van der Waals surface area contributed by atoms with E-state index in [-0.39, 0.29) is 40.4 Å². The first kappa shape index (κ1) is 15.0. The van der Waals surface area contributed by atoms with Crippen LogP contribution >= 0.6 is 0 Å². The van der Waals surface area contributed by atoms with Gasteiger partial charge in [-0.1, -0.05) is 17.7 Å². The summed E-state index contributed by atoms with van der Waals surface area (Å²) in [6, 6.07) is 4.39. The molecular weight excluding hydrogens is 308 g/mol. The largest absolute Gasteiger partial charge is 0.507 e. The number of rotatable bonds is 0. The van der Waals surface area contributed by atoms with Crippen LogP contribution in [0.5, 0.6) is 5.75 Å². The number of ketones is 3. The third-order valence-corrected chi connectivity index (χ3v) is 5.01. The van der Waals surface area contributed by atoms with E-state index in [9.17, 15) is 24.6 Å². The number of allylic oxidation sites excluding steroid dienone is 3. The Kier molecular flexibility index (Phi) is 2.97. The van der Waals surface area contributed by atoms with Crippen LogP contribution in [0.25, 0.3) is 0 Å². The maximum Gasteiger partial charge on any atom is 0.195 e. The summed E-state index contributed by atoms with van der Waals surface area (Å²) < 4.78 is 0. The number of benzene rings is 1. The maximum absolute atomic E-state index is 12.9. The average molecular weight is 324 g/mol. The zero-order valence-corrected chi connectivity index (χ0v) is 13.2. The molecule has 122 valence electrons. The summed E-state index contributed by atoms with van der Waals surface area (Å²) in [4.78, 5) is 38.3.